The lowest BCUT2D eigenvalue weighted by Gasteiger charge is -2.38. The lowest BCUT2D eigenvalue weighted by molar-refractivity contribution is 0.00520. The minimum absolute atomic E-state index is 0.151. The van der Waals surface area contributed by atoms with Gasteiger partial charge in [-0.1, -0.05) is 12.1 Å². The third kappa shape index (κ3) is 4.86. The van der Waals surface area contributed by atoms with E-state index in [0.717, 1.165) is 80.3 Å². The number of hydrogen-bond acceptors (Lipinski definition) is 10. The number of halogens is 1. The zero-order valence-corrected chi connectivity index (χ0v) is 23.2. The average Bonchev–Trinajstić information content (AvgIpc) is 3.59. The molecule has 0 atom stereocenters. The number of carbonyl (C=O) groups excluding carboxylic acids is 1. The summed E-state index contributed by atoms with van der Waals surface area (Å²) in [5.41, 5.74) is 10.1. The molecule has 3 N–H and O–H groups in total. The van der Waals surface area contributed by atoms with Gasteiger partial charge in [-0.25, -0.2) is 19.0 Å². The Labute approximate surface area is 240 Å². The van der Waals surface area contributed by atoms with Crippen LogP contribution >= 0.6 is 0 Å². The summed E-state index contributed by atoms with van der Waals surface area (Å²) in [5, 5.41) is 8.88. The highest BCUT2D eigenvalue weighted by Gasteiger charge is 2.30. The quantitative estimate of drug-likeness (QED) is 0.265. The van der Waals surface area contributed by atoms with Crippen molar-refractivity contribution in [3.63, 3.8) is 0 Å². The smallest absolute Gasteiger partial charge is 0.300 e. The largest absolute Gasteiger partial charge is 0.423 e. The van der Waals surface area contributed by atoms with Crippen LogP contribution < -0.4 is 11.1 Å². The molecule has 1 aliphatic heterocycles. The van der Waals surface area contributed by atoms with Crippen LogP contribution in [0, 0.1) is 5.82 Å². The maximum Gasteiger partial charge on any atom is 0.300 e. The van der Waals surface area contributed by atoms with Crippen LogP contribution in [0.25, 0.3) is 33.4 Å². The van der Waals surface area contributed by atoms with E-state index in [9.17, 15) is 9.18 Å². The molecule has 5 aromatic rings. The van der Waals surface area contributed by atoms with E-state index in [4.69, 9.17) is 20.0 Å². The lowest BCUT2D eigenvalue weighted by atomic mass is 9.90. The summed E-state index contributed by atoms with van der Waals surface area (Å²) in [6, 6.07) is 11.0. The van der Waals surface area contributed by atoms with Gasteiger partial charge in [0, 0.05) is 36.4 Å². The maximum absolute atomic E-state index is 14.0. The van der Waals surface area contributed by atoms with Gasteiger partial charge in [0.25, 0.3) is 6.01 Å². The molecule has 2 aliphatic rings. The van der Waals surface area contributed by atoms with Crippen molar-refractivity contribution in [2.75, 3.05) is 37.4 Å². The van der Waals surface area contributed by atoms with Gasteiger partial charge in [0.05, 0.1) is 30.2 Å². The summed E-state index contributed by atoms with van der Waals surface area (Å²) in [6.07, 6.45) is 5.75. The Balaban J connectivity index is 1.14. The summed E-state index contributed by atoms with van der Waals surface area (Å²) >= 11 is 0. The zero-order valence-electron chi connectivity index (χ0n) is 23.2. The van der Waals surface area contributed by atoms with Gasteiger partial charge in [-0.15, -0.1) is 0 Å². The summed E-state index contributed by atoms with van der Waals surface area (Å²) in [5.74, 6) is -0.450. The molecule has 0 unspecified atom stereocenters. The van der Waals surface area contributed by atoms with E-state index in [1.165, 1.54) is 19.3 Å². The normalized spacial score (nSPS) is 19.9. The van der Waals surface area contributed by atoms with E-state index in [0.29, 0.717) is 17.5 Å². The van der Waals surface area contributed by atoms with E-state index >= 15 is 0 Å². The number of aromatic nitrogens is 5. The van der Waals surface area contributed by atoms with Gasteiger partial charge >= 0.3 is 0 Å². The predicted octanol–water partition coefficient (Wildman–Crippen LogP) is 5.12. The van der Waals surface area contributed by atoms with Gasteiger partial charge in [-0.2, -0.15) is 10.1 Å². The van der Waals surface area contributed by atoms with Gasteiger partial charge in [0.2, 0.25) is 0 Å². The van der Waals surface area contributed by atoms with Crippen molar-refractivity contribution in [1.82, 2.24) is 29.6 Å². The number of rotatable bonds is 6. The van der Waals surface area contributed by atoms with Crippen molar-refractivity contribution >= 4 is 45.4 Å². The number of fused-ring (bicyclic) bond motifs is 2. The average molecular weight is 571 g/mol. The highest BCUT2D eigenvalue weighted by Crippen LogP contribution is 2.37. The van der Waals surface area contributed by atoms with Gasteiger partial charge in [-0.3, -0.25) is 9.69 Å². The van der Waals surface area contributed by atoms with Crippen LogP contribution in [0.4, 0.5) is 21.9 Å². The Hall–Kier alpha value is -4.42. The number of ketones is 1. The van der Waals surface area contributed by atoms with Crippen LogP contribution in [0.2, 0.25) is 0 Å². The number of nitrogens with two attached hydrogens (primary N) is 1. The molecule has 42 heavy (non-hydrogen) atoms. The first-order valence-corrected chi connectivity index (χ1v) is 14.2. The molecule has 0 radical (unpaired) electrons. The fraction of sp³-hybridized carbons (Fsp3) is 0.367. The lowest BCUT2D eigenvalue weighted by Crippen LogP contribution is -2.45. The molecule has 2 fully saturated rings. The predicted molar refractivity (Wildman–Crippen MR) is 156 cm³/mol. The number of nitrogens with one attached hydrogen (secondary N) is 1. The Morgan fingerprint density at radius 1 is 1.05 bits per heavy atom. The Bertz CT molecular complexity index is 1770. The van der Waals surface area contributed by atoms with Gasteiger partial charge in [0.15, 0.2) is 17.0 Å². The van der Waals surface area contributed by atoms with E-state index in [1.807, 2.05) is 28.9 Å². The number of Topliss-reactive ketones (excluding diaryl/α,β-unsaturated/α-hetero) is 1. The first-order valence-electron chi connectivity index (χ1n) is 14.2. The third-order valence-corrected chi connectivity index (χ3v) is 8.34. The van der Waals surface area contributed by atoms with Crippen molar-refractivity contribution in [3.8, 4) is 11.3 Å². The van der Waals surface area contributed by atoms with Crippen molar-refractivity contribution < 1.29 is 18.3 Å². The van der Waals surface area contributed by atoms with Crippen LogP contribution in [-0.2, 0) is 4.74 Å². The minimum Gasteiger partial charge on any atom is -0.423 e. The van der Waals surface area contributed by atoms with E-state index in [2.05, 4.69) is 25.2 Å². The molecule has 7 rings (SSSR count). The van der Waals surface area contributed by atoms with Gasteiger partial charge in [-0.05, 0) is 50.8 Å². The number of nitrogen functional groups attached to an aromatic ring is 1. The number of anilines is 3. The highest BCUT2D eigenvalue weighted by molar-refractivity contribution is 6.04. The first kappa shape index (κ1) is 26.5. The SMILES string of the molecule is CC(=O)c1cc(F)cc2nc(Nc3ccc(-c4nn([C@H]5CC[C@H](N6CCOCC6)CC5)c5ncnc(N)c45)cc3)oc12. The monoisotopic (exact) mass is 570 g/mol. The zero-order chi connectivity index (χ0) is 28.8. The molecule has 0 spiro atoms. The second kappa shape index (κ2) is 10.8. The van der Waals surface area contributed by atoms with Crippen LogP contribution in [0.1, 0.15) is 49.0 Å². The van der Waals surface area contributed by atoms with E-state index < -0.39 is 5.82 Å². The molecular formula is C30H31FN8O3. The maximum atomic E-state index is 14.0. The summed E-state index contributed by atoms with van der Waals surface area (Å²) in [7, 11) is 0. The van der Waals surface area contributed by atoms with Crippen LogP contribution in [0.15, 0.2) is 47.1 Å². The molecule has 0 bridgehead atoms. The Kier molecular flexibility index (Phi) is 6.79. The number of nitrogens with zero attached hydrogens (tertiary/aromatic N) is 6. The third-order valence-electron chi connectivity index (χ3n) is 8.34. The van der Waals surface area contributed by atoms with Crippen molar-refractivity contribution in [2.45, 2.75) is 44.7 Å². The molecule has 12 heteroatoms. The van der Waals surface area contributed by atoms with Crippen LogP contribution in [0.5, 0.6) is 0 Å². The number of oxazole rings is 1. The molecule has 1 saturated carbocycles. The molecular weight excluding hydrogens is 539 g/mol. The number of carbonyl (C=O) groups is 1. The van der Waals surface area contributed by atoms with E-state index in [-0.39, 0.29) is 34.5 Å². The summed E-state index contributed by atoms with van der Waals surface area (Å²) in [4.78, 5) is 27.7. The standard InChI is InChI=1S/C30H31FN8O3/c1-17(40)23-14-19(31)15-24-27(23)42-30(36-24)35-20-4-2-18(3-5-20)26-25-28(32)33-16-34-29(25)39(37-26)22-8-6-21(7-9-22)38-10-12-41-13-11-38/h2-5,14-16,21-22H,6-13H2,1H3,(H,35,36)(H2,32,33,34)/t21-,22-. The van der Waals surface area contributed by atoms with Crippen LogP contribution in [-0.4, -0.2) is 67.8 Å². The summed E-state index contributed by atoms with van der Waals surface area (Å²) < 4.78 is 27.3. The van der Waals surface area contributed by atoms with Gasteiger partial charge in [0.1, 0.15) is 29.2 Å². The number of ether oxygens (including phenoxy) is 1. The molecule has 1 aliphatic carbocycles. The highest BCUT2D eigenvalue weighted by atomic mass is 19.1. The molecule has 11 nitrogen and oxygen atoms in total. The molecule has 1 saturated heterocycles. The number of benzene rings is 2. The fourth-order valence-electron chi connectivity index (χ4n) is 6.21. The minimum atomic E-state index is -0.544. The second-order valence-corrected chi connectivity index (χ2v) is 10.9. The van der Waals surface area contributed by atoms with Crippen LogP contribution in [0.3, 0.4) is 0 Å². The first-order chi connectivity index (χ1) is 20.4. The molecule has 216 valence electrons. The molecule has 4 heterocycles. The molecule has 2 aromatic carbocycles. The fourth-order valence-corrected chi connectivity index (χ4v) is 6.21. The molecule has 3 aromatic heterocycles. The number of hydrogen-bond donors (Lipinski definition) is 2. The van der Waals surface area contributed by atoms with Crippen molar-refractivity contribution in [2.24, 2.45) is 0 Å². The van der Waals surface area contributed by atoms with Crippen molar-refractivity contribution in [3.05, 3.63) is 54.1 Å². The van der Waals surface area contributed by atoms with Gasteiger partial charge < -0.3 is 20.2 Å². The summed E-state index contributed by atoms with van der Waals surface area (Å²) in [6.45, 7) is 4.99. The Morgan fingerprint density at radius 3 is 2.52 bits per heavy atom. The topological polar surface area (TPSA) is 137 Å². The number of morpholine rings is 1. The second-order valence-electron chi connectivity index (χ2n) is 10.9. The van der Waals surface area contributed by atoms with Crippen molar-refractivity contribution in [1.29, 1.82) is 0 Å². The molecule has 0 amide bonds. The van der Waals surface area contributed by atoms with E-state index in [1.54, 1.807) is 0 Å². The Morgan fingerprint density at radius 2 is 1.79 bits per heavy atom.